The Labute approximate surface area is 101 Å². The number of nitrogens with two attached hydrogens (primary N) is 1. The van der Waals surface area contributed by atoms with Crippen molar-refractivity contribution < 1.29 is 4.74 Å². The van der Waals surface area contributed by atoms with E-state index in [4.69, 9.17) is 10.5 Å². The van der Waals surface area contributed by atoms with Crippen LogP contribution in [0.15, 0.2) is 23.1 Å². The van der Waals surface area contributed by atoms with Gasteiger partial charge in [-0.2, -0.15) is 0 Å². The summed E-state index contributed by atoms with van der Waals surface area (Å²) in [5, 5.41) is 4.04. The lowest BCUT2D eigenvalue weighted by Gasteiger charge is -2.22. The summed E-state index contributed by atoms with van der Waals surface area (Å²) in [4.78, 5) is 1.13. The van der Waals surface area contributed by atoms with Gasteiger partial charge in [0.2, 0.25) is 0 Å². The highest BCUT2D eigenvalue weighted by Gasteiger charge is 2.15. The molecule has 0 aliphatic carbocycles. The number of anilines is 1. The van der Waals surface area contributed by atoms with E-state index in [1.165, 1.54) is 12.8 Å². The second kappa shape index (κ2) is 5.46. The van der Waals surface area contributed by atoms with Crippen LogP contribution in [0.5, 0.6) is 5.75 Å². The Balaban J connectivity index is 2.06. The molecular weight excluding hydrogens is 220 g/mol. The molecule has 0 aromatic heterocycles. The van der Waals surface area contributed by atoms with E-state index in [9.17, 15) is 0 Å². The van der Waals surface area contributed by atoms with Gasteiger partial charge in [0.15, 0.2) is 0 Å². The molecule has 1 aromatic rings. The van der Waals surface area contributed by atoms with E-state index in [-0.39, 0.29) is 0 Å². The van der Waals surface area contributed by atoms with Crippen molar-refractivity contribution in [2.24, 2.45) is 0 Å². The van der Waals surface area contributed by atoms with Gasteiger partial charge in [0.25, 0.3) is 0 Å². The molecule has 1 atom stereocenters. The zero-order chi connectivity index (χ0) is 11.4. The second-order valence-electron chi connectivity index (χ2n) is 3.99. The Bertz CT molecular complexity index is 351. The molecule has 3 N–H and O–H groups in total. The molecule has 88 valence electrons. The van der Waals surface area contributed by atoms with E-state index < -0.39 is 0 Å². The summed E-state index contributed by atoms with van der Waals surface area (Å²) >= 11 is 1.85. The number of methoxy groups -OCH3 is 1. The molecule has 0 amide bonds. The van der Waals surface area contributed by atoms with Crippen LogP contribution in [0.2, 0.25) is 0 Å². The number of ether oxygens (including phenoxy) is 1. The van der Waals surface area contributed by atoms with E-state index in [2.05, 4.69) is 5.32 Å². The minimum atomic E-state index is 0.628. The Morgan fingerprint density at radius 3 is 3.06 bits per heavy atom. The van der Waals surface area contributed by atoms with Crippen molar-refractivity contribution in [3.05, 3.63) is 18.2 Å². The summed E-state index contributed by atoms with van der Waals surface area (Å²) in [6, 6.07) is 5.84. The molecule has 1 saturated heterocycles. The first kappa shape index (κ1) is 11.6. The number of benzene rings is 1. The van der Waals surface area contributed by atoms with Crippen LogP contribution in [-0.4, -0.2) is 25.4 Å². The standard InChI is InChI=1S/C12H18N2OS/c1-15-9-4-5-11(13)12(7-9)16-10-3-2-6-14-8-10/h4-5,7,10,14H,2-3,6,8,13H2,1H3. The number of hydrogen-bond donors (Lipinski definition) is 2. The van der Waals surface area contributed by atoms with Gasteiger partial charge >= 0.3 is 0 Å². The fourth-order valence-electron chi connectivity index (χ4n) is 1.84. The smallest absolute Gasteiger partial charge is 0.120 e. The second-order valence-corrected chi connectivity index (χ2v) is 5.33. The Morgan fingerprint density at radius 2 is 2.38 bits per heavy atom. The molecule has 1 fully saturated rings. The van der Waals surface area contributed by atoms with Crippen LogP contribution in [0.4, 0.5) is 5.69 Å². The van der Waals surface area contributed by atoms with Crippen LogP contribution in [0.1, 0.15) is 12.8 Å². The van der Waals surface area contributed by atoms with Crippen molar-refractivity contribution in [1.82, 2.24) is 5.32 Å². The van der Waals surface area contributed by atoms with E-state index in [0.29, 0.717) is 5.25 Å². The summed E-state index contributed by atoms with van der Waals surface area (Å²) in [5.41, 5.74) is 6.81. The van der Waals surface area contributed by atoms with Crippen LogP contribution in [-0.2, 0) is 0 Å². The van der Waals surface area contributed by atoms with Gasteiger partial charge < -0.3 is 15.8 Å². The number of nitrogen functional groups attached to an aromatic ring is 1. The van der Waals surface area contributed by atoms with Gasteiger partial charge in [-0.25, -0.2) is 0 Å². The highest BCUT2D eigenvalue weighted by atomic mass is 32.2. The molecule has 0 radical (unpaired) electrons. The van der Waals surface area contributed by atoms with Gasteiger partial charge in [0, 0.05) is 22.4 Å². The van der Waals surface area contributed by atoms with E-state index in [1.807, 2.05) is 30.0 Å². The molecule has 4 heteroatoms. The summed E-state index contributed by atoms with van der Waals surface area (Å²) in [7, 11) is 1.68. The number of nitrogens with one attached hydrogen (secondary N) is 1. The van der Waals surface area contributed by atoms with Crippen molar-refractivity contribution >= 4 is 17.4 Å². The summed E-state index contributed by atoms with van der Waals surface area (Å²) in [6.07, 6.45) is 2.51. The van der Waals surface area contributed by atoms with Crippen molar-refractivity contribution in [3.8, 4) is 5.75 Å². The third-order valence-electron chi connectivity index (χ3n) is 2.77. The predicted molar refractivity (Wildman–Crippen MR) is 69.2 cm³/mol. The van der Waals surface area contributed by atoms with Crippen molar-refractivity contribution in [2.75, 3.05) is 25.9 Å². The SMILES string of the molecule is COc1ccc(N)c(SC2CCCNC2)c1. The topological polar surface area (TPSA) is 47.3 Å². The molecule has 0 spiro atoms. The monoisotopic (exact) mass is 238 g/mol. The fraction of sp³-hybridized carbons (Fsp3) is 0.500. The van der Waals surface area contributed by atoms with Gasteiger partial charge in [0.05, 0.1) is 7.11 Å². The average Bonchev–Trinajstić information content (AvgIpc) is 2.33. The maximum Gasteiger partial charge on any atom is 0.120 e. The molecule has 1 aliphatic heterocycles. The first-order valence-electron chi connectivity index (χ1n) is 5.60. The molecule has 16 heavy (non-hydrogen) atoms. The van der Waals surface area contributed by atoms with Gasteiger partial charge in [-0.3, -0.25) is 0 Å². The molecule has 1 aliphatic rings. The first-order valence-corrected chi connectivity index (χ1v) is 6.48. The van der Waals surface area contributed by atoms with E-state index in [1.54, 1.807) is 7.11 Å². The number of thioether (sulfide) groups is 1. The minimum absolute atomic E-state index is 0.628. The Hall–Kier alpha value is -0.870. The third kappa shape index (κ3) is 2.83. The zero-order valence-electron chi connectivity index (χ0n) is 9.53. The summed E-state index contributed by atoms with van der Waals surface area (Å²) in [5.74, 6) is 0.875. The summed E-state index contributed by atoms with van der Waals surface area (Å²) in [6.45, 7) is 2.21. The van der Waals surface area contributed by atoms with Crippen LogP contribution in [0.25, 0.3) is 0 Å². The van der Waals surface area contributed by atoms with Gasteiger partial charge in [-0.05, 0) is 37.6 Å². The lowest BCUT2D eigenvalue weighted by Crippen LogP contribution is -2.31. The molecule has 2 rings (SSSR count). The number of rotatable bonds is 3. The lowest BCUT2D eigenvalue weighted by molar-refractivity contribution is 0.414. The van der Waals surface area contributed by atoms with E-state index >= 15 is 0 Å². The predicted octanol–water partition coefficient (Wildman–Crippen LogP) is 2.12. The molecule has 1 unspecified atom stereocenters. The minimum Gasteiger partial charge on any atom is -0.497 e. The Morgan fingerprint density at radius 1 is 1.50 bits per heavy atom. The zero-order valence-corrected chi connectivity index (χ0v) is 10.3. The highest BCUT2D eigenvalue weighted by molar-refractivity contribution is 8.00. The lowest BCUT2D eigenvalue weighted by atomic mass is 10.2. The number of hydrogen-bond acceptors (Lipinski definition) is 4. The molecule has 0 bridgehead atoms. The maximum absolute atomic E-state index is 5.96. The van der Waals surface area contributed by atoms with Crippen LogP contribution in [0, 0.1) is 0 Å². The maximum atomic E-state index is 5.96. The van der Waals surface area contributed by atoms with Crippen LogP contribution >= 0.6 is 11.8 Å². The molecule has 0 saturated carbocycles. The molecular formula is C12H18N2OS. The van der Waals surface area contributed by atoms with Gasteiger partial charge in [-0.15, -0.1) is 11.8 Å². The van der Waals surface area contributed by atoms with Crippen LogP contribution < -0.4 is 15.8 Å². The van der Waals surface area contributed by atoms with E-state index in [0.717, 1.165) is 29.4 Å². The summed E-state index contributed by atoms with van der Waals surface area (Å²) < 4.78 is 5.21. The highest BCUT2D eigenvalue weighted by Crippen LogP contribution is 2.34. The average molecular weight is 238 g/mol. The molecule has 1 heterocycles. The molecule has 3 nitrogen and oxygen atoms in total. The number of piperidine rings is 1. The largest absolute Gasteiger partial charge is 0.497 e. The van der Waals surface area contributed by atoms with Crippen LogP contribution in [0.3, 0.4) is 0 Å². The van der Waals surface area contributed by atoms with Gasteiger partial charge in [-0.1, -0.05) is 0 Å². The van der Waals surface area contributed by atoms with Gasteiger partial charge in [0.1, 0.15) is 5.75 Å². The van der Waals surface area contributed by atoms with Crippen molar-refractivity contribution in [3.63, 3.8) is 0 Å². The molecule has 1 aromatic carbocycles. The third-order valence-corrected chi connectivity index (χ3v) is 4.11. The van der Waals surface area contributed by atoms with Crippen molar-refractivity contribution in [2.45, 2.75) is 23.0 Å². The quantitative estimate of drug-likeness (QED) is 0.792. The normalized spacial score (nSPS) is 20.7. The van der Waals surface area contributed by atoms with Crippen molar-refractivity contribution in [1.29, 1.82) is 0 Å². The Kier molecular flexibility index (Phi) is 3.96. The fourth-order valence-corrected chi connectivity index (χ4v) is 3.08. The first-order chi connectivity index (χ1) is 7.79.